The van der Waals surface area contributed by atoms with Crippen LogP contribution < -0.4 is 5.32 Å². The minimum Gasteiger partial charge on any atom is -0.334 e. The van der Waals surface area contributed by atoms with Crippen molar-refractivity contribution in [2.75, 3.05) is 6.54 Å². The van der Waals surface area contributed by atoms with Crippen molar-refractivity contribution in [3.8, 4) is 0 Å². The van der Waals surface area contributed by atoms with Crippen LogP contribution in [0.5, 0.6) is 0 Å². The van der Waals surface area contributed by atoms with E-state index in [1.54, 1.807) is 0 Å². The van der Waals surface area contributed by atoms with Gasteiger partial charge in [0.05, 0.1) is 6.54 Å². The van der Waals surface area contributed by atoms with E-state index in [4.69, 9.17) is 0 Å². The molecule has 1 heterocycles. The Morgan fingerprint density at radius 1 is 1.10 bits per heavy atom. The van der Waals surface area contributed by atoms with Gasteiger partial charge in [-0.1, -0.05) is 59.3 Å². The number of aryl methyl sites for hydroxylation is 1. The van der Waals surface area contributed by atoms with Crippen molar-refractivity contribution in [1.29, 1.82) is 0 Å². The molecule has 1 aromatic rings. The fourth-order valence-electron chi connectivity index (χ4n) is 2.42. The van der Waals surface area contributed by atoms with Crippen LogP contribution in [-0.2, 0) is 13.1 Å². The fourth-order valence-corrected chi connectivity index (χ4v) is 2.42. The summed E-state index contributed by atoms with van der Waals surface area (Å²) in [4.78, 5) is 4.45. The van der Waals surface area contributed by atoms with Crippen LogP contribution in [0.1, 0.15) is 71.5 Å². The van der Waals surface area contributed by atoms with E-state index in [1.807, 2.05) is 6.20 Å². The van der Waals surface area contributed by atoms with Gasteiger partial charge in [-0.05, 0) is 18.9 Å². The normalized spacial score (nSPS) is 11.4. The molecule has 0 amide bonds. The van der Waals surface area contributed by atoms with E-state index in [0.29, 0.717) is 5.92 Å². The van der Waals surface area contributed by atoms with Gasteiger partial charge < -0.3 is 9.88 Å². The maximum Gasteiger partial charge on any atom is 0.122 e. The maximum absolute atomic E-state index is 4.45. The number of nitrogens with one attached hydrogen (secondary N) is 1. The molecular formula is C17H33N3. The molecule has 20 heavy (non-hydrogen) atoms. The summed E-state index contributed by atoms with van der Waals surface area (Å²) < 4.78 is 2.30. The Morgan fingerprint density at radius 3 is 2.50 bits per heavy atom. The highest BCUT2D eigenvalue weighted by Crippen LogP contribution is 2.08. The van der Waals surface area contributed by atoms with E-state index < -0.39 is 0 Å². The molecule has 0 bridgehead atoms. The molecular weight excluding hydrogens is 246 g/mol. The molecule has 0 aliphatic heterocycles. The summed E-state index contributed by atoms with van der Waals surface area (Å²) in [6.45, 7) is 9.81. The highest BCUT2D eigenvalue weighted by atomic mass is 15.1. The molecule has 3 heteroatoms. The van der Waals surface area contributed by atoms with Crippen molar-refractivity contribution in [2.24, 2.45) is 5.92 Å². The van der Waals surface area contributed by atoms with Gasteiger partial charge in [0.2, 0.25) is 0 Å². The van der Waals surface area contributed by atoms with Crippen LogP contribution in [0.3, 0.4) is 0 Å². The van der Waals surface area contributed by atoms with Gasteiger partial charge >= 0.3 is 0 Å². The van der Waals surface area contributed by atoms with E-state index in [2.05, 4.69) is 41.8 Å². The van der Waals surface area contributed by atoms with E-state index >= 15 is 0 Å². The smallest absolute Gasteiger partial charge is 0.122 e. The Bertz CT molecular complexity index is 331. The molecule has 0 atom stereocenters. The molecule has 1 rings (SSSR count). The third-order valence-corrected chi connectivity index (χ3v) is 3.64. The first kappa shape index (κ1) is 17.2. The van der Waals surface area contributed by atoms with Gasteiger partial charge in [-0.15, -0.1) is 0 Å². The molecule has 1 N–H and O–H groups in total. The topological polar surface area (TPSA) is 29.9 Å². The monoisotopic (exact) mass is 279 g/mol. The molecule has 0 spiro atoms. The summed E-state index contributed by atoms with van der Waals surface area (Å²) >= 11 is 0. The Labute approximate surface area is 125 Å². The van der Waals surface area contributed by atoms with Crippen molar-refractivity contribution < 1.29 is 0 Å². The predicted molar refractivity (Wildman–Crippen MR) is 86.8 cm³/mol. The Hall–Kier alpha value is -0.830. The number of imidazole rings is 1. The molecule has 0 aliphatic rings. The lowest BCUT2D eigenvalue weighted by atomic mass is 10.1. The summed E-state index contributed by atoms with van der Waals surface area (Å²) in [7, 11) is 0. The number of hydrogen-bond donors (Lipinski definition) is 1. The third-order valence-electron chi connectivity index (χ3n) is 3.64. The molecule has 0 fully saturated rings. The van der Waals surface area contributed by atoms with Crippen LogP contribution in [0.2, 0.25) is 0 Å². The predicted octanol–water partition coefficient (Wildman–Crippen LogP) is 4.38. The largest absolute Gasteiger partial charge is 0.334 e. The average molecular weight is 279 g/mol. The van der Waals surface area contributed by atoms with Crippen LogP contribution in [0.25, 0.3) is 0 Å². The summed E-state index contributed by atoms with van der Waals surface area (Å²) in [6, 6.07) is 0. The van der Waals surface area contributed by atoms with Gasteiger partial charge in [0.1, 0.15) is 5.82 Å². The number of hydrogen-bond acceptors (Lipinski definition) is 2. The molecule has 0 saturated carbocycles. The summed E-state index contributed by atoms with van der Waals surface area (Å²) in [6.07, 6.45) is 13.6. The molecule has 0 unspecified atom stereocenters. The Kier molecular flexibility index (Phi) is 9.38. The molecule has 0 aliphatic carbocycles. The zero-order valence-corrected chi connectivity index (χ0v) is 13.7. The fraction of sp³-hybridized carbons (Fsp3) is 0.824. The SMILES string of the molecule is CCCCCCCCCn1ccnc1CNCC(C)C. The summed E-state index contributed by atoms with van der Waals surface area (Å²) in [5.74, 6) is 1.87. The van der Waals surface area contributed by atoms with Crippen LogP contribution in [0.15, 0.2) is 12.4 Å². The van der Waals surface area contributed by atoms with E-state index in [-0.39, 0.29) is 0 Å². The summed E-state index contributed by atoms with van der Waals surface area (Å²) in [5.41, 5.74) is 0. The molecule has 1 aromatic heterocycles. The second-order valence-corrected chi connectivity index (χ2v) is 6.18. The lowest BCUT2D eigenvalue weighted by Gasteiger charge is -2.10. The molecule has 3 nitrogen and oxygen atoms in total. The minimum absolute atomic E-state index is 0.696. The van der Waals surface area contributed by atoms with Crippen molar-refractivity contribution in [2.45, 2.75) is 78.8 Å². The Balaban J connectivity index is 2.12. The maximum atomic E-state index is 4.45. The molecule has 0 aromatic carbocycles. The number of rotatable bonds is 12. The second-order valence-electron chi connectivity index (χ2n) is 6.18. The van der Waals surface area contributed by atoms with Crippen molar-refractivity contribution in [3.63, 3.8) is 0 Å². The van der Waals surface area contributed by atoms with Crippen molar-refractivity contribution in [1.82, 2.24) is 14.9 Å². The van der Waals surface area contributed by atoms with Gasteiger partial charge in [-0.3, -0.25) is 0 Å². The standard InChI is InChI=1S/C17H33N3/c1-4-5-6-7-8-9-10-12-20-13-11-19-17(20)15-18-14-16(2)3/h11,13,16,18H,4-10,12,14-15H2,1-3H3. The zero-order valence-electron chi connectivity index (χ0n) is 13.7. The molecule has 0 radical (unpaired) electrons. The van der Waals surface area contributed by atoms with E-state index in [9.17, 15) is 0 Å². The van der Waals surface area contributed by atoms with E-state index in [0.717, 1.165) is 19.6 Å². The quantitative estimate of drug-likeness (QED) is 0.575. The van der Waals surface area contributed by atoms with Gasteiger partial charge in [0.25, 0.3) is 0 Å². The number of nitrogens with zero attached hydrogens (tertiary/aromatic N) is 2. The first-order chi connectivity index (χ1) is 9.74. The van der Waals surface area contributed by atoms with Crippen LogP contribution in [0.4, 0.5) is 0 Å². The van der Waals surface area contributed by atoms with Crippen LogP contribution in [0, 0.1) is 5.92 Å². The van der Waals surface area contributed by atoms with Gasteiger partial charge in [0.15, 0.2) is 0 Å². The van der Waals surface area contributed by atoms with Gasteiger partial charge in [-0.25, -0.2) is 4.98 Å². The van der Waals surface area contributed by atoms with Gasteiger partial charge in [-0.2, -0.15) is 0 Å². The highest BCUT2D eigenvalue weighted by molar-refractivity contribution is 4.91. The highest BCUT2D eigenvalue weighted by Gasteiger charge is 2.02. The average Bonchev–Trinajstić information content (AvgIpc) is 2.85. The van der Waals surface area contributed by atoms with Crippen molar-refractivity contribution >= 4 is 0 Å². The van der Waals surface area contributed by atoms with E-state index in [1.165, 1.54) is 50.8 Å². The number of unbranched alkanes of at least 4 members (excludes halogenated alkanes) is 6. The lowest BCUT2D eigenvalue weighted by Crippen LogP contribution is -2.21. The molecule has 116 valence electrons. The lowest BCUT2D eigenvalue weighted by molar-refractivity contribution is 0.509. The number of aromatic nitrogens is 2. The van der Waals surface area contributed by atoms with Crippen LogP contribution in [-0.4, -0.2) is 16.1 Å². The zero-order chi connectivity index (χ0) is 14.6. The Morgan fingerprint density at radius 2 is 1.80 bits per heavy atom. The first-order valence-electron chi connectivity index (χ1n) is 8.44. The van der Waals surface area contributed by atoms with Crippen LogP contribution >= 0.6 is 0 Å². The third kappa shape index (κ3) is 7.68. The second kappa shape index (κ2) is 10.9. The minimum atomic E-state index is 0.696. The molecule has 0 saturated heterocycles. The van der Waals surface area contributed by atoms with Gasteiger partial charge in [0, 0.05) is 18.9 Å². The van der Waals surface area contributed by atoms with Crippen molar-refractivity contribution in [3.05, 3.63) is 18.2 Å². The first-order valence-corrected chi connectivity index (χ1v) is 8.44. The summed E-state index contributed by atoms with van der Waals surface area (Å²) in [5, 5.41) is 3.47.